The maximum atomic E-state index is 12.1. The van der Waals surface area contributed by atoms with E-state index in [1.54, 1.807) is 0 Å². The zero-order valence-electron chi connectivity index (χ0n) is 15.0. The summed E-state index contributed by atoms with van der Waals surface area (Å²) in [5, 5.41) is 12.2. The van der Waals surface area contributed by atoms with Gasteiger partial charge in [0.25, 0.3) is 0 Å². The van der Waals surface area contributed by atoms with Crippen molar-refractivity contribution in [1.29, 1.82) is 0 Å². The third-order valence-corrected chi connectivity index (χ3v) is 5.15. The van der Waals surface area contributed by atoms with Crippen LogP contribution in [0.3, 0.4) is 0 Å². The van der Waals surface area contributed by atoms with Gasteiger partial charge in [-0.1, -0.05) is 41.6 Å². The average molecular weight is 372 g/mol. The Balaban J connectivity index is 1.63. The molecule has 1 aliphatic rings. The van der Waals surface area contributed by atoms with Gasteiger partial charge in [0, 0.05) is 25.3 Å². The molecule has 1 aromatic carbocycles. The van der Waals surface area contributed by atoms with Crippen LogP contribution in [0.25, 0.3) is 11.4 Å². The summed E-state index contributed by atoms with van der Waals surface area (Å²) >= 11 is 1.39. The molecule has 0 bridgehead atoms. The summed E-state index contributed by atoms with van der Waals surface area (Å²) in [5.41, 5.74) is 2.17. The summed E-state index contributed by atoms with van der Waals surface area (Å²) in [5.74, 6) is 1.07. The normalized spacial score (nSPS) is 16.6. The number of aryl methyl sites for hydroxylation is 1. The van der Waals surface area contributed by atoms with Crippen molar-refractivity contribution in [3.63, 3.8) is 0 Å². The minimum atomic E-state index is -0.0178. The third-order valence-electron chi connectivity index (χ3n) is 4.19. The number of rotatable bonds is 8. The second-order valence-electron chi connectivity index (χ2n) is 6.30. The summed E-state index contributed by atoms with van der Waals surface area (Å²) in [6.07, 6.45) is 4.05. The molecule has 1 aliphatic heterocycles. The number of aromatic nitrogens is 3. The number of hydrogen-bond acceptors (Lipinski definition) is 5. The molecule has 1 amide bonds. The van der Waals surface area contributed by atoms with Crippen molar-refractivity contribution in [2.24, 2.45) is 0 Å². The van der Waals surface area contributed by atoms with Crippen molar-refractivity contribution >= 4 is 17.7 Å². The number of nitrogens with zero attached hydrogens (tertiary/aromatic N) is 3. The molecule has 26 heavy (non-hydrogen) atoms. The number of hydrogen-bond donors (Lipinski definition) is 1. The number of nitrogens with one attached hydrogen (secondary N) is 1. The minimum absolute atomic E-state index is 0.0178. The van der Waals surface area contributed by atoms with Crippen molar-refractivity contribution in [2.75, 3.05) is 18.9 Å². The number of thioether (sulfide) groups is 1. The topological polar surface area (TPSA) is 69.0 Å². The Hall–Kier alpha value is -2.12. The average Bonchev–Trinajstić information content (AvgIpc) is 3.28. The van der Waals surface area contributed by atoms with Crippen molar-refractivity contribution in [2.45, 2.75) is 37.6 Å². The Morgan fingerprint density at radius 1 is 1.50 bits per heavy atom. The van der Waals surface area contributed by atoms with E-state index in [1.165, 1.54) is 17.3 Å². The van der Waals surface area contributed by atoms with Gasteiger partial charge in [-0.05, 0) is 25.8 Å². The molecule has 2 aromatic rings. The molecule has 0 aliphatic carbocycles. The van der Waals surface area contributed by atoms with E-state index >= 15 is 0 Å². The first-order valence-corrected chi connectivity index (χ1v) is 9.78. The van der Waals surface area contributed by atoms with Gasteiger partial charge in [0.05, 0.1) is 11.9 Å². The van der Waals surface area contributed by atoms with E-state index < -0.39 is 0 Å². The van der Waals surface area contributed by atoms with Gasteiger partial charge < -0.3 is 10.1 Å². The standard InChI is InChI=1S/C19H24N4O2S/c1-3-9-23-18(15-7-4-6-14(2)11-15)21-22-19(23)26-13-17(24)20-12-16-8-5-10-25-16/h3-4,6-7,11,16H,1,5,8-10,12-13H2,2H3,(H,20,24)/t16-/m0/s1. The molecule has 0 radical (unpaired) electrons. The molecule has 3 rings (SSSR count). The lowest BCUT2D eigenvalue weighted by Crippen LogP contribution is -2.32. The first-order chi connectivity index (χ1) is 12.7. The van der Waals surface area contributed by atoms with Crippen LogP contribution in [0.1, 0.15) is 18.4 Å². The van der Waals surface area contributed by atoms with Crippen LogP contribution < -0.4 is 5.32 Å². The minimum Gasteiger partial charge on any atom is -0.376 e. The van der Waals surface area contributed by atoms with Gasteiger partial charge in [0.2, 0.25) is 5.91 Å². The van der Waals surface area contributed by atoms with Gasteiger partial charge in [0.15, 0.2) is 11.0 Å². The molecule has 1 saturated heterocycles. The van der Waals surface area contributed by atoms with Gasteiger partial charge >= 0.3 is 0 Å². The number of benzene rings is 1. The highest BCUT2D eigenvalue weighted by molar-refractivity contribution is 7.99. The number of amides is 1. The fraction of sp³-hybridized carbons (Fsp3) is 0.421. The van der Waals surface area contributed by atoms with E-state index in [9.17, 15) is 4.79 Å². The molecular weight excluding hydrogens is 348 g/mol. The predicted octanol–water partition coefficient (Wildman–Crippen LogP) is 2.83. The lowest BCUT2D eigenvalue weighted by Gasteiger charge is -2.11. The summed E-state index contributed by atoms with van der Waals surface area (Å²) < 4.78 is 7.51. The van der Waals surface area contributed by atoms with E-state index in [2.05, 4.69) is 28.2 Å². The lowest BCUT2D eigenvalue weighted by molar-refractivity contribution is -0.119. The van der Waals surface area contributed by atoms with Gasteiger partial charge in [-0.15, -0.1) is 16.8 Å². The fourth-order valence-corrected chi connectivity index (χ4v) is 3.68. The largest absolute Gasteiger partial charge is 0.376 e. The maximum absolute atomic E-state index is 12.1. The number of carbonyl (C=O) groups is 1. The van der Waals surface area contributed by atoms with Crippen LogP contribution in [-0.4, -0.2) is 45.7 Å². The number of allylic oxidation sites excluding steroid dienone is 1. The molecule has 1 N–H and O–H groups in total. The highest BCUT2D eigenvalue weighted by Gasteiger charge is 2.18. The van der Waals surface area contributed by atoms with Crippen molar-refractivity contribution in [3.05, 3.63) is 42.5 Å². The monoisotopic (exact) mass is 372 g/mol. The van der Waals surface area contributed by atoms with Gasteiger partial charge in [0.1, 0.15) is 0 Å². The van der Waals surface area contributed by atoms with Crippen molar-refractivity contribution in [3.8, 4) is 11.4 Å². The van der Waals surface area contributed by atoms with Crippen molar-refractivity contribution < 1.29 is 9.53 Å². The molecule has 1 aromatic heterocycles. The van der Waals surface area contributed by atoms with Crippen LogP contribution in [-0.2, 0) is 16.1 Å². The van der Waals surface area contributed by atoms with E-state index in [1.807, 2.05) is 35.8 Å². The molecule has 2 heterocycles. The second-order valence-corrected chi connectivity index (χ2v) is 7.25. The van der Waals surface area contributed by atoms with E-state index in [-0.39, 0.29) is 12.0 Å². The Morgan fingerprint density at radius 3 is 3.12 bits per heavy atom. The fourth-order valence-electron chi connectivity index (χ4n) is 2.90. The van der Waals surface area contributed by atoms with E-state index in [0.717, 1.165) is 30.8 Å². The van der Waals surface area contributed by atoms with Crippen LogP contribution in [0.15, 0.2) is 42.1 Å². The highest BCUT2D eigenvalue weighted by Crippen LogP contribution is 2.24. The zero-order valence-corrected chi connectivity index (χ0v) is 15.8. The van der Waals surface area contributed by atoms with Gasteiger partial charge in [-0.2, -0.15) is 0 Å². The quantitative estimate of drug-likeness (QED) is 0.570. The number of carbonyl (C=O) groups excluding carboxylic acids is 1. The molecule has 0 unspecified atom stereocenters. The summed E-state index contributed by atoms with van der Waals surface area (Å²) in [7, 11) is 0. The Bertz CT molecular complexity index is 769. The van der Waals surface area contributed by atoms with E-state index in [0.29, 0.717) is 24.0 Å². The Morgan fingerprint density at radius 2 is 2.38 bits per heavy atom. The van der Waals surface area contributed by atoms with Gasteiger partial charge in [-0.3, -0.25) is 9.36 Å². The summed E-state index contributed by atoms with van der Waals surface area (Å²) in [6.45, 7) is 7.83. The number of ether oxygens (including phenoxy) is 1. The SMILES string of the molecule is C=CCn1c(SCC(=O)NC[C@@H]2CCCO2)nnc1-c1cccc(C)c1. The second kappa shape index (κ2) is 9.00. The molecule has 0 spiro atoms. The molecule has 7 heteroatoms. The van der Waals surface area contributed by atoms with Gasteiger partial charge in [-0.25, -0.2) is 0 Å². The van der Waals surface area contributed by atoms with E-state index in [4.69, 9.17) is 4.74 Å². The zero-order chi connectivity index (χ0) is 18.4. The Kier molecular flexibility index (Phi) is 6.46. The van der Waals surface area contributed by atoms with Crippen LogP contribution in [0.5, 0.6) is 0 Å². The van der Waals surface area contributed by atoms with Crippen LogP contribution in [0.4, 0.5) is 0 Å². The maximum Gasteiger partial charge on any atom is 0.230 e. The van der Waals surface area contributed by atoms with Crippen LogP contribution in [0, 0.1) is 6.92 Å². The smallest absolute Gasteiger partial charge is 0.230 e. The molecular formula is C19H24N4O2S. The summed E-state index contributed by atoms with van der Waals surface area (Å²) in [6, 6.07) is 8.14. The lowest BCUT2D eigenvalue weighted by atomic mass is 10.1. The molecule has 1 atom stereocenters. The first-order valence-electron chi connectivity index (χ1n) is 8.79. The third kappa shape index (κ3) is 4.74. The predicted molar refractivity (Wildman–Crippen MR) is 103 cm³/mol. The van der Waals surface area contributed by atoms with Crippen LogP contribution >= 0.6 is 11.8 Å². The van der Waals surface area contributed by atoms with Crippen molar-refractivity contribution in [1.82, 2.24) is 20.1 Å². The van der Waals surface area contributed by atoms with Crippen LogP contribution in [0.2, 0.25) is 0 Å². The molecule has 6 nitrogen and oxygen atoms in total. The molecule has 1 fully saturated rings. The summed E-state index contributed by atoms with van der Waals surface area (Å²) in [4.78, 5) is 12.1. The molecule has 138 valence electrons. The highest BCUT2D eigenvalue weighted by atomic mass is 32.2. The Labute approximate surface area is 158 Å². The first kappa shape index (κ1) is 18.7. The molecule has 0 saturated carbocycles.